The Balaban J connectivity index is 1.66. The standard InChI is InChI=1S/C29H36N2O9/c1-22-14-30(27(35)31(26(22)34)20-37-15-23-9-5-3-6-10-23)25-13-28(19-38-21-36-2,29(17-32,18-33)40-25)39-16-24-11-7-4-8-12-24/h3-12,14,25,32-33H,13,15-21H2,1-2H3/t25-,28?/m1/s1. The number of aliphatic hydroxyl groups excluding tert-OH is 2. The normalized spacial score (nSPS) is 20.1. The van der Waals surface area contributed by atoms with Gasteiger partial charge in [0.2, 0.25) is 0 Å². The van der Waals surface area contributed by atoms with Crippen LogP contribution in [0.15, 0.2) is 76.4 Å². The minimum absolute atomic E-state index is 0.0348. The number of hydrogen-bond acceptors (Lipinski definition) is 9. The van der Waals surface area contributed by atoms with Crippen LogP contribution in [0.1, 0.15) is 29.3 Å². The van der Waals surface area contributed by atoms with Crippen LogP contribution in [0.2, 0.25) is 0 Å². The van der Waals surface area contributed by atoms with Gasteiger partial charge in [-0.1, -0.05) is 60.7 Å². The monoisotopic (exact) mass is 556 g/mol. The quantitative estimate of drug-likeness (QED) is 0.225. The molecule has 4 rings (SSSR count). The lowest BCUT2D eigenvalue weighted by molar-refractivity contribution is -0.229. The molecular weight excluding hydrogens is 520 g/mol. The number of nitrogens with zero attached hydrogens (tertiary/aromatic N) is 2. The van der Waals surface area contributed by atoms with Crippen LogP contribution in [0.3, 0.4) is 0 Å². The zero-order chi connectivity index (χ0) is 28.6. The Hall–Kier alpha value is -3.16. The number of methoxy groups -OCH3 is 1. The molecule has 0 spiro atoms. The summed E-state index contributed by atoms with van der Waals surface area (Å²) in [5, 5.41) is 21.0. The largest absolute Gasteiger partial charge is 0.393 e. The Morgan fingerprint density at radius 1 is 0.950 bits per heavy atom. The molecule has 3 aromatic rings. The molecule has 1 aliphatic heterocycles. The number of aromatic nitrogens is 2. The van der Waals surface area contributed by atoms with E-state index in [1.54, 1.807) is 6.92 Å². The van der Waals surface area contributed by atoms with Crippen molar-refractivity contribution in [2.24, 2.45) is 0 Å². The SMILES string of the molecule is COCOCC1(OCc2ccccc2)C[C@H](n2cc(C)c(=O)n(COCc3ccccc3)c2=O)OC1(CO)CO. The molecule has 1 unspecified atom stereocenters. The van der Waals surface area contributed by atoms with E-state index < -0.39 is 41.9 Å². The van der Waals surface area contributed by atoms with Crippen LogP contribution in [0, 0.1) is 6.92 Å². The molecule has 1 aromatic heterocycles. The molecule has 2 N–H and O–H groups in total. The van der Waals surface area contributed by atoms with Gasteiger partial charge in [-0.3, -0.25) is 9.36 Å². The van der Waals surface area contributed by atoms with E-state index in [0.717, 1.165) is 15.7 Å². The lowest BCUT2D eigenvalue weighted by atomic mass is 9.83. The molecule has 40 heavy (non-hydrogen) atoms. The second-order valence-corrected chi connectivity index (χ2v) is 9.81. The van der Waals surface area contributed by atoms with Crippen molar-refractivity contribution in [1.29, 1.82) is 0 Å². The summed E-state index contributed by atoms with van der Waals surface area (Å²) in [6.45, 7) is 0.292. The fourth-order valence-corrected chi connectivity index (χ4v) is 4.86. The summed E-state index contributed by atoms with van der Waals surface area (Å²) in [6.07, 6.45) is 0.451. The molecule has 2 atom stereocenters. The van der Waals surface area contributed by atoms with Crippen LogP contribution in [-0.2, 0) is 43.6 Å². The topological polar surface area (TPSA) is 131 Å². The number of ether oxygens (including phenoxy) is 5. The first-order valence-corrected chi connectivity index (χ1v) is 13.0. The van der Waals surface area contributed by atoms with Crippen molar-refractivity contribution < 1.29 is 33.9 Å². The molecule has 0 aliphatic carbocycles. The van der Waals surface area contributed by atoms with Crippen molar-refractivity contribution in [1.82, 2.24) is 9.13 Å². The van der Waals surface area contributed by atoms with Gasteiger partial charge < -0.3 is 33.9 Å². The van der Waals surface area contributed by atoms with Gasteiger partial charge in [0.15, 0.2) is 0 Å². The molecule has 1 fully saturated rings. The van der Waals surface area contributed by atoms with Crippen molar-refractivity contribution in [2.75, 3.05) is 33.7 Å². The van der Waals surface area contributed by atoms with E-state index in [-0.39, 0.29) is 39.8 Å². The zero-order valence-corrected chi connectivity index (χ0v) is 22.7. The second-order valence-electron chi connectivity index (χ2n) is 9.81. The molecule has 0 radical (unpaired) electrons. The van der Waals surface area contributed by atoms with Gasteiger partial charge in [-0.05, 0) is 18.1 Å². The van der Waals surface area contributed by atoms with Gasteiger partial charge in [0.1, 0.15) is 31.0 Å². The second kappa shape index (κ2) is 13.5. The smallest absolute Gasteiger partial charge is 0.335 e. The van der Waals surface area contributed by atoms with Crippen molar-refractivity contribution in [3.63, 3.8) is 0 Å². The number of rotatable bonds is 14. The Morgan fingerprint density at radius 3 is 2.17 bits per heavy atom. The molecule has 11 nitrogen and oxygen atoms in total. The maximum atomic E-state index is 13.6. The summed E-state index contributed by atoms with van der Waals surface area (Å²) in [5.74, 6) is 0. The minimum atomic E-state index is -1.63. The molecule has 216 valence electrons. The molecule has 0 bridgehead atoms. The molecule has 11 heteroatoms. The summed E-state index contributed by atoms with van der Waals surface area (Å²) in [6, 6.07) is 18.8. The van der Waals surface area contributed by atoms with Gasteiger partial charge in [-0.15, -0.1) is 0 Å². The van der Waals surface area contributed by atoms with Crippen LogP contribution in [-0.4, -0.2) is 64.3 Å². The number of aliphatic hydroxyl groups is 2. The van der Waals surface area contributed by atoms with Gasteiger partial charge in [-0.2, -0.15) is 0 Å². The third-order valence-electron chi connectivity index (χ3n) is 7.11. The Bertz CT molecular complexity index is 1340. The molecular formula is C29H36N2O9. The maximum absolute atomic E-state index is 13.6. The summed E-state index contributed by atoms with van der Waals surface area (Å²) in [4.78, 5) is 26.4. The van der Waals surface area contributed by atoms with Crippen LogP contribution < -0.4 is 11.2 Å². The highest BCUT2D eigenvalue weighted by Crippen LogP contribution is 2.47. The minimum Gasteiger partial charge on any atom is -0.393 e. The Labute approximate surface area is 232 Å². The first kappa shape index (κ1) is 29.8. The number of aryl methyl sites for hydroxylation is 1. The lowest BCUT2D eigenvalue weighted by Gasteiger charge is -2.41. The molecule has 1 aliphatic rings. The van der Waals surface area contributed by atoms with Crippen molar-refractivity contribution in [3.05, 3.63) is 104 Å². The fourth-order valence-electron chi connectivity index (χ4n) is 4.86. The van der Waals surface area contributed by atoms with Crippen LogP contribution in [0.25, 0.3) is 0 Å². The van der Waals surface area contributed by atoms with Gasteiger partial charge in [0.05, 0.1) is 33.0 Å². The van der Waals surface area contributed by atoms with Gasteiger partial charge in [-0.25, -0.2) is 9.36 Å². The van der Waals surface area contributed by atoms with Crippen LogP contribution >= 0.6 is 0 Å². The van der Waals surface area contributed by atoms with E-state index in [1.807, 2.05) is 60.7 Å². The average Bonchev–Trinajstić information content (AvgIpc) is 3.31. The van der Waals surface area contributed by atoms with E-state index in [2.05, 4.69) is 0 Å². The molecule has 0 amide bonds. The van der Waals surface area contributed by atoms with E-state index in [0.29, 0.717) is 5.56 Å². The summed E-state index contributed by atoms with van der Waals surface area (Å²) >= 11 is 0. The van der Waals surface area contributed by atoms with Crippen LogP contribution in [0.5, 0.6) is 0 Å². The van der Waals surface area contributed by atoms with E-state index in [4.69, 9.17) is 23.7 Å². The Morgan fingerprint density at radius 2 is 1.57 bits per heavy atom. The fraction of sp³-hybridized carbons (Fsp3) is 0.448. The molecule has 2 aromatic carbocycles. The lowest BCUT2D eigenvalue weighted by Crippen LogP contribution is -2.60. The van der Waals surface area contributed by atoms with Crippen molar-refractivity contribution in [3.8, 4) is 0 Å². The summed E-state index contributed by atoms with van der Waals surface area (Å²) < 4.78 is 31.3. The highest BCUT2D eigenvalue weighted by Gasteiger charge is 2.61. The van der Waals surface area contributed by atoms with Crippen molar-refractivity contribution in [2.45, 2.75) is 50.7 Å². The van der Waals surface area contributed by atoms with Crippen molar-refractivity contribution >= 4 is 0 Å². The summed E-state index contributed by atoms with van der Waals surface area (Å²) in [5.41, 5.74) is -2.09. The van der Waals surface area contributed by atoms with E-state index >= 15 is 0 Å². The number of benzene rings is 2. The summed E-state index contributed by atoms with van der Waals surface area (Å²) in [7, 11) is 1.47. The predicted octanol–water partition coefficient (Wildman–Crippen LogP) is 1.71. The zero-order valence-electron chi connectivity index (χ0n) is 22.7. The van der Waals surface area contributed by atoms with Gasteiger partial charge in [0, 0.05) is 25.3 Å². The third-order valence-corrected chi connectivity index (χ3v) is 7.11. The highest BCUT2D eigenvalue weighted by molar-refractivity contribution is 5.16. The Kier molecular flexibility index (Phi) is 10.0. The molecule has 0 saturated carbocycles. The highest BCUT2D eigenvalue weighted by atomic mass is 16.7. The van der Waals surface area contributed by atoms with E-state index in [1.165, 1.54) is 17.9 Å². The maximum Gasteiger partial charge on any atom is 0.335 e. The molecule has 1 saturated heterocycles. The van der Waals surface area contributed by atoms with Gasteiger partial charge >= 0.3 is 5.69 Å². The third kappa shape index (κ3) is 6.26. The first-order valence-electron chi connectivity index (χ1n) is 13.0. The van der Waals surface area contributed by atoms with Gasteiger partial charge in [0.25, 0.3) is 5.56 Å². The van der Waals surface area contributed by atoms with Crippen LogP contribution in [0.4, 0.5) is 0 Å². The number of hydrogen-bond donors (Lipinski definition) is 2. The average molecular weight is 557 g/mol. The first-order chi connectivity index (χ1) is 19.4. The predicted molar refractivity (Wildman–Crippen MR) is 144 cm³/mol. The molecule has 2 heterocycles. The van der Waals surface area contributed by atoms with E-state index in [9.17, 15) is 19.8 Å².